The minimum absolute atomic E-state index is 0.0674. The molecule has 2 bridgehead atoms. The van der Waals surface area contributed by atoms with Crippen LogP contribution in [0.15, 0.2) is 6.07 Å². The van der Waals surface area contributed by atoms with Crippen molar-refractivity contribution < 1.29 is 31.1 Å². The summed E-state index contributed by atoms with van der Waals surface area (Å²) in [5.74, 6) is -6.56. The Labute approximate surface area is 124 Å². The van der Waals surface area contributed by atoms with Crippen LogP contribution < -0.4 is 0 Å². The summed E-state index contributed by atoms with van der Waals surface area (Å²) in [6.07, 6.45) is 0.253. The Balaban J connectivity index is 2.14. The highest BCUT2D eigenvalue weighted by molar-refractivity contribution is 7.92. The predicted molar refractivity (Wildman–Crippen MR) is 69.8 cm³/mol. The lowest BCUT2D eigenvalue weighted by atomic mass is 9.80. The molecule has 2 aliphatic rings. The summed E-state index contributed by atoms with van der Waals surface area (Å²) in [5, 5.41) is 8.72. The van der Waals surface area contributed by atoms with Crippen LogP contribution in [-0.2, 0) is 15.4 Å². The van der Waals surface area contributed by atoms with E-state index in [9.17, 15) is 31.1 Å². The quantitative estimate of drug-likeness (QED) is 0.632. The summed E-state index contributed by atoms with van der Waals surface area (Å²) in [6, 6.07) is 0.0674. The molecule has 22 heavy (non-hydrogen) atoms. The molecule has 2 aliphatic heterocycles. The van der Waals surface area contributed by atoms with Gasteiger partial charge in [-0.1, -0.05) is 6.42 Å². The zero-order chi connectivity index (χ0) is 16.3. The first-order chi connectivity index (χ1) is 10.2. The fourth-order valence-corrected chi connectivity index (χ4v) is 6.18. The number of aliphatic hydroxyl groups is 1. The van der Waals surface area contributed by atoms with Crippen molar-refractivity contribution in [3.05, 3.63) is 34.9 Å². The van der Waals surface area contributed by atoms with Crippen LogP contribution >= 0.6 is 0 Å². The van der Waals surface area contributed by atoms with Crippen molar-refractivity contribution in [2.75, 3.05) is 0 Å². The molecule has 0 aromatic heterocycles. The van der Waals surface area contributed by atoms with E-state index < -0.39 is 67.6 Å². The maximum Gasteiger partial charge on any atom is 0.168 e. The van der Waals surface area contributed by atoms with Gasteiger partial charge in [-0.15, -0.1) is 0 Å². The van der Waals surface area contributed by atoms with Crippen molar-refractivity contribution in [3.8, 4) is 0 Å². The van der Waals surface area contributed by atoms with Crippen LogP contribution in [0.4, 0.5) is 17.6 Å². The second-order valence-electron chi connectivity index (χ2n) is 6.05. The average molecular weight is 338 g/mol. The van der Waals surface area contributed by atoms with Crippen LogP contribution in [0.2, 0.25) is 0 Å². The Morgan fingerprint density at radius 3 is 1.91 bits per heavy atom. The molecule has 0 radical (unpaired) electrons. The maximum atomic E-state index is 13.9. The number of sulfone groups is 1. The summed E-state index contributed by atoms with van der Waals surface area (Å²) in [5.41, 5.74) is -3.32. The lowest BCUT2D eigenvalue weighted by molar-refractivity contribution is -0.00275. The molecule has 2 heterocycles. The number of benzene rings is 1. The third-order valence-corrected chi connectivity index (χ3v) is 7.35. The topological polar surface area (TPSA) is 54.4 Å². The Morgan fingerprint density at radius 2 is 1.45 bits per heavy atom. The second kappa shape index (κ2) is 4.92. The van der Waals surface area contributed by atoms with E-state index in [-0.39, 0.29) is 18.9 Å². The van der Waals surface area contributed by atoms with Gasteiger partial charge in [0.25, 0.3) is 0 Å². The summed E-state index contributed by atoms with van der Waals surface area (Å²) in [6.45, 7) is 0. The first-order valence-corrected chi connectivity index (χ1v) is 8.56. The first-order valence-electron chi connectivity index (χ1n) is 6.95. The van der Waals surface area contributed by atoms with Gasteiger partial charge in [-0.05, 0) is 25.7 Å². The van der Waals surface area contributed by atoms with Gasteiger partial charge in [0.05, 0.1) is 21.7 Å². The Kier molecular flexibility index (Phi) is 3.52. The summed E-state index contributed by atoms with van der Waals surface area (Å²) >= 11 is 0. The van der Waals surface area contributed by atoms with E-state index in [0.717, 1.165) is 0 Å². The fraction of sp³-hybridized carbons (Fsp3) is 0.571. The number of halogens is 4. The molecule has 122 valence electrons. The summed E-state index contributed by atoms with van der Waals surface area (Å²) in [4.78, 5) is 0. The van der Waals surface area contributed by atoms with E-state index in [2.05, 4.69) is 0 Å². The largest absolute Gasteiger partial charge is 0.385 e. The van der Waals surface area contributed by atoms with Gasteiger partial charge in [0.1, 0.15) is 0 Å². The Morgan fingerprint density at radius 1 is 1.00 bits per heavy atom. The maximum absolute atomic E-state index is 13.9. The van der Waals surface area contributed by atoms with Crippen LogP contribution in [0.1, 0.15) is 37.7 Å². The zero-order valence-corrected chi connectivity index (χ0v) is 12.3. The fourth-order valence-electron chi connectivity index (χ4n) is 3.63. The van der Waals surface area contributed by atoms with Crippen LogP contribution in [0, 0.1) is 23.3 Å². The highest BCUT2D eigenvalue weighted by atomic mass is 32.2. The molecule has 1 aromatic carbocycles. The minimum atomic E-state index is -3.48. The Hall–Kier alpha value is -1.15. The number of hydrogen-bond acceptors (Lipinski definition) is 3. The molecule has 0 saturated carbocycles. The Bertz CT molecular complexity index is 686. The summed E-state index contributed by atoms with van der Waals surface area (Å²) in [7, 11) is -3.48. The van der Waals surface area contributed by atoms with Crippen molar-refractivity contribution in [3.63, 3.8) is 0 Å². The first kappa shape index (κ1) is 15.7. The molecule has 2 unspecified atom stereocenters. The lowest BCUT2D eigenvalue weighted by Crippen LogP contribution is -2.51. The van der Waals surface area contributed by atoms with Crippen LogP contribution in [-0.4, -0.2) is 24.0 Å². The van der Waals surface area contributed by atoms with Gasteiger partial charge in [-0.2, -0.15) is 0 Å². The number of fused-ring (bicyclic) bond motifs is 2. The SMILES string of the molecule is O=S1(=O)C2CCCC1CC(O)(c1c(F)c(F)cc(F)c1F)C2. The third kappa shape index (κ3) is 2.15. The monoisotopic (exact) mass is 338 g/mol. The van der Waals surface area contributed by atoms with Crippen molar-refractivity contribution in [2.45, 2.75) is 48.2 Å². The molecule has 0 amide bonds. The standard InChI is InChI=1S/C14H14F4O3S/c15-9-4-10(16)13(18)11(12(9)17)14(19)5-7-2-1-3-8(6-14)22(7,20)21/h4,7-8,19H,1-3,5-6H2. The highest BCUT2D eigenvalue weighted by Gasteiger charge is 2.53. The predicted octanol–water partition coefficient (Wildman–Crippen LogP) is 2.56. The van der Waals surface area contributed by atoms with Crippen molar-refractivity contribution in [1.29, 1.82) is 0 Å². The minimum Gasteiger partial charge on any atom is -0.385 e. The van der Waals surface area contributed by atoms with Gasteiger partial charge in [-0.3, -0.25) is 0 Å². The lowest BCUT2D eigenvalue weighted by Gasteiger charge is -2.44. The summed E-state index contributed by atoms with van der Waals surface area (Å²) < 4.78 is 79.0. The van der Waals surface area contributed by atoms with Gasteiger partial charge in [0.2, 0.25) is 0 Å². The molecule has 1 N–H and O–H groups in total. The van der Waals surface area contributed by atoms with Crippen molar-refractivity contribution >= 4 is 9.84 Å². The molecule has 8 heteroatoms. The molecule has 3 nitrogen and oxygen atoms in total. The van der Waals surface area contributed by atoms with E-state index in [1.807, 2.05) is 0 Å². The van der Waals surface area contributed by atoms with Gasteiger partial charge in [0, 0.05) is 6.07 Å². The average Bonchev–Trinajstić information content (AvgIpc) is 2.39. The molecule has 2 atom stereocenters. The van der Waals surface area contributed by atoms with E-state index >= 15 is 0 Å². The third-order valence-electron chi connectivity index (χ3n) is 4.69. The number of rotatable bonds is 1. The van der Waals surface area contributed by atoms with Gasteiger partial charge < -0.3 is 5.11 Å². The molecule has 0 spiro atoms. The molecular weight excluding hydrogens is 324 g/mol. The van der Waals surface area contributed by atoms with E-state index in [1.165, 1.54) is 0 Å². The van der Waals surface area contributed by atoms with Crippen molar-refractivity contribution in [1.82, 2.24) is 0 Å². The van der Waals surface area contributed by atoms with Crippen LogP contribution in [0.3, 0.4) is 0 Å². The second-order valence-corrected chi connectivity index (χ2v) is 8.56. The van der Waals surface area contributed by atoms with E-state index in [0.29, 0.717) is 6.42 Å². The molecular formula is C14H14F4O3S. The van der Waals surface area contributed by atoms with Crippen LogP contribution in [0.25, 0.3) is 0 Å². The van der Waals surface area contributed by atoms with Gasteiger partial charge in [-0.25, -0.2) is 26.0 Å². The van der Waals surface area contributed by atoms with Crippen LogP contribution in [0.5, 0.6) is 0 Å². The van der Waals surface area contributed by atoms with E-state index in [1.54, 1.807) is 0 Å². The molecule has 0 aliphatic carbocycles. The van der Waals surface area contributed by atoms with Gasteiger partial charge >= 0.3 is 0 Å². The normalized spacial score (nSPS) is 33.7. The smallest absolute Gasteiger partial charge is 0.168 e. The molecule has 2 fully saturated rings. The van der Waals surface area contributed by atoms with E-state index in [4.69, 9.17) is 0 Å². The molecule has 3 rings (SSSR count). The number of hydrogen-bond donors (Lipinski definition) is 1. The molecule has 2 saturated heterocycles. The molecule has 1 aromatic rings. The van der Waals surface area contributed by atoms with Gasteiger partial charge in [0.15, 0.2) is 33.1 Å². The zero-order valence-electron chi connectivity index (χ0n) is 11.5. The highest BCUT2D eigenvalue weighted by Crippen LogP contribution is 2.47. The van der Waals surface area contributed by atoms with Crippen molar-refractivity contribution in [2.24, 2.45) is 0 Å².